The normalized spacial score (nSPS) is 10.5. The van der Waals surface area contributed by atoms with Crippen LogP contribution >= 0.6 is 0 Å². The lowest BCUT2D eigenvalue weighted by atomic mass is 10.3. The van der Waals surface area contributed by atoms with E-state index >= 15 is 0 Å². The van der Waals surface area contributed by atoms with E-state index in [4.69, 9.17) is 9.15 Å². The maximum absolute atomic E-state index is 5.34. The van der Waals surface area contributed by atoms with Gasteiger partial charge in [-0.15, -0.1) is 6.58 Å². The van der Waals surface area contributed by atoms with Crippen molar-refractivity contribution in [2.24, 2.45) is 0 Å². The zero-order valence-electron chi connectivity index (χ0n) is 9.29. The van der Waals surface area contributed by atoms with Crippen molar-refractivity contribution in [1.82, 2.24) is 5.32 Å². The zero-order valence-corrected chi connectivity index (χ0v) is 9.29. The summed E-state index contributed by atoms with van der Waals surface area (Å²) in [6, 6.07) is 2.02. The Labute approximate surface area is 91.1 Å². The standard InChI is InChI=1S/C12H19NO2/c1-3-5-13-8-11-7-12(15-9-11)10-14-6-4-2/h4,7,9,13H,2-3,5-6,8,10H2,1H3. The third kappa shape index (κ3) is 4.81. The molecule has 0 aliphatic rings. The monoisotopic (exact) mass is 209 g/mol. The van der Waals surface area contributed by atoms with Crippen molar-refractivity contribution in [1.29, 1.82) is 0 Å². The zero-order chi connectivity index (χ0) is 10.9. The lowest BCUT2D eigenvalue weighted by molar-refractivity contribution is 0.132. The van der Waals surface area contributed by atoms with Crippen LogP contribution in [0.25, 0.3) is 0 Å². The van der Waals surface area contributed by atoms with Crippen LogP contribution in [0.3, 0.4) is 0 Å². The van der Waals surface area contributed by atoms with Crippen LogP contribution in [0.15, 0.2) is 29.4 Å². The highest BCUT2D eigenvalue weighted by Gasteiger charge is 2.00. The molecule has 1 heterocycles. The molecule has 84 valence electrons. The van der Waals surface area contributed by atoms with Crippen LogP contribution in [0.2, 0.25) is 0 Å². The molecule has 0 saturated carbocycles. The van der Waals surface area contributed by atoms with Crippen LogP contribution in [0, 0.1) is 0 Å². The average molecular weight is 209 g/mol. The lowest BCUT2D eigenvalue weighted by Crippen LogP contribution is -2.13. The largest absolute Gasteiger partial charge is 0.467 e. The van der Waals surface area contributed by atoms with E-state index in [-0.39, 0.29) is 0 Å². The van der Waals surface area contributed by atoms with Crippen molar-refractivity contribution >= 4 is 0 Å². The van der Waals surface area contributed by atoms with Crippen LogP contribution in [0.5, 0.6) is 0 Å². The lowest BCUT2D eigenvalue weighted by Gasteiger charge is -1.98. The van der Waals surface area contributed by atoms with Crippen LogP contribution in [-0.2, 0) is 17.9 Å². The average Bonchev–Trinajstić information content (AvgIpc) is 2.67. The van der Waals surface area contributed by atoms with Gasteiger partial charge in [-0.25, -0.2) is 0 Å². The smallest absolute Gasteiger partial charge is 0.129 e. The van der Waals surface area contributed by atoms with Gasteiger partial charge in [0.1, 0.15) is 12.4 Å². The molecule has 0 saturated heterocycles. The molecule has 1 N–H and O–H groups in total. The summed E-state index contributed by atoms with van der Waals surface area (Å²) in [6.07, 6.45) is 4.65. The van der Waals surface area contributed by atoms with Gasteiger partial charge in [-0.1, -0.05) is 13.0 Å². The molecule has 0 amide bonds. The minimum absolute atomic E-state index is 0.514. The first kappa shape index (κ1) is 12.0. The van der Waals surface area contributed by atoms with Gasteiger partial charge in [-0.3, -0.25) is 0 Å². The number of rotatable bonds is 8. The topological polar surface area (TPSA) is 34.4 Å². The fourth-order valence-electron chi connectivity index (χ4n) is 1.25. The van der Waals surface area contributed by atoms with E-state index in [1.807, 2.05) is 6.07 Å². The highest BCUT2D eigenvalue weighted by atomic mass is 16.5. The number of furan rings is 1. The Balaban J connectivity index is 2.25. The maximum atomic E-state index is 5.34. The first-order valence-corrected chi connectivity index (χ1v) is 5.32. The molecule has 0 spiro atoms. The molecule has 3 nitrogen and oxygen atoms in total. The summed E-state index contributed by atoms with van der Waals surface area (Å²) in [5.41, 5.74) is 1.17. The Kier molecular flexibility index (Phi) is 5.81. The Bertz CT molecular complexity index is 281. The molecule has 15 heavy (non-hydrogen) atoms. The van der Waals surface area contributed by atoms with Crippen molar-refractivity contribution in [3.63, 3.8) is 0 Å². The van der Waals surface area contributed by atoms with Crippen molar-refractivity contribution in [2.75, 3.05) is 13.2 Å². The van der Waals surface area contributed by atoms with Crippen molar-refractivity contribution in [3.8, 4) is 0 Å². The maximum Gasteiger partial charge on any atom is 0.129 e. The highest BCUT2D eigenvalue weighted by Crippen LogP contribution is 2.08. The number of ether oxygens (including phenoxy) is 1. The molecule has 1 aromatic rings. The Hall–Kier alpha value is -1.06. The predicted octanol–water partition coefficient (Wildman–Crippen LogP) is 2.48. The summed E-state index contributed by atoms with van der Waals surface area (Å²) >= 11 is 0. The van der Waals surface area contributed by atoms with Crippen LogP contribution in [0.4, 0.5) is 0 Å². The van der Waals surface area contributed by atoms with Crippen LogP contribution < -0.4 is 5.32 Å². The molecular weight excluding hydrogens is 190 g/mol. The van der Waals surface area contributed by atoms with Gasteiger partial charge in [0, 0.05) is 12.1 Å². The van der Waals surface area contributed by atoms with E-state index < -0.39 is 0 Å². The second-order valence-corrected chi connectivity index (χ2v) is 3.40. The van der Waals surface area contributed by atoms with Gasteiger partial charge in [0.05, 0.1) is 12.9 Å². The van der Waals surface area contributed by atoms with E-state index in [9.17, 15) is 0 Å². The summed E-state index contributed by atoms with van der Waals surface area (Å²) in [6.45, 7) is 8.70. The van der Waals surface area contributed by atoms with Gasteiger partial charge in [0.15, 0.2) is 0 Å². The summed E-state index contributed by atoms with van der Waals surface area (Å²) < 4.78 is 10.6. The Morgan fingerprint density at radius 3 is 3.20 bits per heavy atom. The van der Waals surface area contributed by atoms with Crippen molar-refractivity contribution in [2.45, 2.75) is 26.5 Å². The SMILES string of the molecule is C=CCOCc1cc(CNCCC)co1. The van der Waals surface area contributed by atoms with E-state index in [1.54, 1.807) is 12.3 Å². The molecule has 0 aliphatic heterocycles. The third-order valence-corrected chi connectivity index (χ3v) is 1.94. The molecule has 1 aromatic heterocycles. The number of hydrogen-bond donors (Lipinski definition) is 1. The molecular formula is C12H19NO2. The first-order valence-electron chi connectivity index (χ1n) is 5.32. The molecule has 0 aliphatic carbocycles. The van der Waals surface area contributed by atoms with Crippen LogP contribution in [0.1, 0.15) is 24.7 Å². The minimum atomic E-state index is 0.514. The molecule has 0 atom stereocenters. The van der Waals surface area contributed by atoms with Gasteiger partial charge in [0.25, 0.3) is 0 Å². The third-order valence-electron chi connectivity index (χ3n) is 1.94. The van der Waals surface area contributed by atoms with Gasteiger partial charge in [-0.2, -0.15) is 0 Å². The van der Waals surface area contributed by atoms with E-state index in [0.717, 1.165) is 25.3 Å². The fraction of sp³-hybridized carbons (Fsp3) is 0.500. The van der Waals surface area contributed by atoms with Gasteiger partial charge < -0.3 is 14.5 Å². The first-order chi connectivity index (χ1) is 7.36. The molecule has 1 rings (SSSR count). The quantitative estimate of drug-likeness (QED) is 0.527. The molecule has 0 fully saturated rings. The predicted molar refractivity (Wildman–Crippen MR) is 60.6 cm³/mol. The molecule has 0 unspecified atom stereocenters. The fourth-order valence-corrected chi connectivity index (χ4v) is 1.25. The van der Waals surface area contributed by atoms with E-state index in [2.05, 4.69) is 18.8 Å². The second kappa shape index (κ2) is 7.26. The Morgan fingerprint density at radius 2 is 2.47 bits per heavy atom. The molecule has 0 aromatic carbocycles. The molecule has 0 bridgehead atoms. The van der Waals surface area contributed by atoms with Crippen molar-refractivity contribution in [3.05, 3.63) is 36.3 Å². The summed E-state index contributed by atoms with van der Waals surface area (Å²) in [4.78, 5) is 0. The van der Waals surface area contributed by atoms with E-state index in [0.29, 0.717) is 13.2 Å². The Morgan fingerprint density at radius 1 is 1.60 bits per heavy atom. The summed E-state index contributed by atoms with van der Waals surface area (Å²) in [5, 5.41) is 3.31. The van der Waals surface area contributed by atoms with Gasteiger partial charge in [0.2, 0.25) is 0 Å². The minimum Gasteiger partial charge on any atom is -0.467 e. The second-order valence-electron chi connectivity index (χ2n) is 3.40. The number of nitrogens with one attached hydrogen (secondary N) is 1. The highest BCUT2D eigenvalue weighted by molar-refractivity contribution is 5.11. The van der Waals surface area contributed by atoms with Gasteiger partial charge in [-0.05, 0) is 19.0 Å². The molecule has 3 heteroatoms. The summed E-state index contributed by atoms with van der Waals surface area (Å²) in [7, 11) is 0. The molecule has 0 radical (unpaired) electrons. The van der Waals surface area contributed by atoms with E-state index in [1.165, 1.54) is 5.56 Å². The van der Waals surface area contributed by atoms with Crippen LogP contribution in [-0.4, -0.2) is 13.2 Å². The van der Waals surface area contributed by atoms with Gasteiger partial charge >= 0.3 is 0 Å². The van der Waals surface area contributed by atoms with Crippen molar-refractivity contribution < 1.29 is 9.15 Å². The number of hydrogen-bond acceptors (Lipinski definition) is 3. The summed E-state index contributed by atoms with van der Waals surface area (Å²) in [5.74, 6) is 0.866.